The Bertz CT molecular complexity index is 468. The largest absolute Gasteiger partial charge is 0.392 e. The topological polar surface area (TPSA) is 101 Å². The summed E-state index contributed by atoms with van der Waals surface area (Å²) in [4.78, 5) is 6.28. The van der Waals surface area contributed by atoms with Gasteiger partial charge in [-0.1, -0.05) is 19.1 Å². The van der Waals surface area contributed by atoms with Crippen molar-refractivity contribution < 1.29 is 8.42 Å². The first kappa shape index (κ1) is 13.1. The zero-order chi connectivity index (χ0) is 12.4. The number of aromatic nitrogens is 2. The standard InChI is InChI=1S/C8H14N4O2S2/c1-3-8(2,7(9)15)12-16(13,14)6-4-10-5-11-6/h4-5,12H,3H2,1-2H3,(H2,9,15)(H,10,11). The average molecular weight is 262 g/mol. The number of thiocarbonyl (C=S) groups is 1. The maximum absolute atomic E-state index is 11.9. The van der Waals surface area contributed by atoms with Crippen molar-refractivity contribution in [2.45, 2.75) is 30.8 Å². The van der Waals surface area contributed by atoms with Crippen molar-refractivity contribution in [2.24, 2.45) is 5.73 Å². The van der Waals surface area contributed by atoms with Crippen molar-refractivity contribution >= 4 is 27.2 Å². The SMILES string of the molecule is CCC(C)(NS(=O)(=O)c1cnc[nH]1)C(N)=S. The lowest BCUT2D eigenvalue weighted by molar-refractivity contribution is 0.509. The van der Waals surface area contributed by atoms with Crippen LogP contribution in [0.2, 0.25) is 0 Å². The summed E-state index contributed by atoms with van der Waals surface area (Å²) >= 11 is 4.85. The smallest absolute Gasteiger partial charge is 0.258 e. The number of H-pyrrole nitrogens is 1. The first-order valence-electron chi connectivity index (χ1n) is 4.64. The molecule has 1 aromatic heterocycles. The molecule has 0 saturated heterocycles. The van der Waals surface area contributed by atoms with Gasteiger partial charge in [-0.15, -0.1) is 0 Å². The van der Waals surface area contributed by atoms with Gasteiger partial charge < -0.3 is 10.7 Å². The molecule has 0 saturated carbocycles. The van der Waals surface area contributed by atoms with Crippen LogP contribution in [0.25, 0.3) is 0 Å². The third-order valence-corrected chi connectivity index (χ3v) is 4.35. The highest BCUT2D eigenvalue weighted by Gasteiger charge is 2.32. The number of nitrogens with one attached hydrogen (secondary N) is 2. The van der Waals surface area contributed by atoms with Crippen molar-refractivity contribution in [3.63, 3.8) is 0 Å². The van der Waals surface area contributed by atoms with Gasteiger partial charge >= 0.3 is 0 Å². The second-order valence-corrected chi connectivity index (χ2v) is 5.66. The molecule has 0 aromatic carbocycles. The molecule has 0 aliphatic carbocycles. The van der Waals surface area contributed by atoms with E-state index in [9.17, 15) is 8.42 Å². The Morgan fingerprint density at radius 1 is 1.75 bits per heavy atom. The summed E-state index contributed by atoms with van der Waals surface area (Å²) in [5, 5.41) is -0.0107. The Labute approximate surface area is 99.7 Å². The zero-order valence-corrected chi connectivity index (χ0v) is 10.7. The lowest BCUT2D eigenvalue weighted by Gasteiger charge is -2.27. The fourth-order valence-corrected chi connectivity index (χ4v) is 2.66. The van der Waals surface area contributed by atoms with Crippen molar-refractivity contribution in [1.29, 1.82) is 0 Å². The van der Waals surface area contributed by atoms with Crippen molar-refractivity contribution in [3.05, 3.63) is 12.5 Å². The van der Waals surface area contributed by atoms with Gasteiger partial charge in [0.1, 0.15) is 0 Å². The third-order valence-electron chi connectivity index (χ3n) is 2.37. The molecule has 1 aromatic rings. The van der Waals surface area contributed by atoms with Gasteiger partial charge in [0.25, 0.3) is 10.0 Å². The van der Waals surface area contributed by atoms with Gasteiger partial charge in [-0.3, -0.25) is 0 Å². The van der Waals surface area contributed by atoms with E-state index in [1.807, 2.05) is 0 Å². The van der Waals surface area contributed by atoms with E-state index >= 15 is 0 Å². The Hall–Kier alpha value is -0.990. The second kappa shape index (κ2) is 4.48. The molecule has 1 unspecified atom stereocenters. The van der Waals surface area contributed by atoms with Gasteiger partial charge in [0.2, 0.25) is 0 Å². The third kappa shape index (κ3) is 2.57. The van der Waals surface area contributed by atoms with E-state index < -0.39 is 15.6 Å². The van der Waals surface area contributed by atoms with Crippen LogP contribution in [0.4, 0.5) is 0 Å². The number of nitrogens with zero attached hydrogens (tertiary/aromatic N) is 1. The summed E-state index contributed by atoms with van der Waals surface area (Å²) in [5.41, 5.74) is 4.59. The Morgan fingerprint density at radius 3 is 2.75 bits per heavy atom. The molecule has 0 bridgehead atoms. The minimum atomic E-state index is -3.67. The lowest BCUT2D eigenvalue weighted by Crippen LogP contribution is -2.53. The molecule has 0 amide bonds. The Balaban J connectivity index is 3.01. The summed E-state index contributed by atoms with van der Waals surface area (Å²) in [5.74, 6) is 0. The fourth-order valence-electron chi connectivity index (χ4n) is 1.04. The number of hydrogen-bond acceptors (Lipinski definition) is 4. The van der Waals surface area contributed by atoms with Crippen molar-refractivity contribution in [1.82, 2.24) is 14.7 Å². The van der Waals surface area contributed by atoms with Crippen LogP contribution in [0.3, 0.4) is 0 Å². The maximum Gasteiger partial charge on any atom is 0.258 e. The summed E-state index contributed by atoms with van der Waals surface area (Å²) in [7, 11) is -3.67. The molecule has 8 heteroatoms. The first-order valence-corrected chi connectivity index (χ1v) is 6.53. The molecular weight excluding hydrogens is 248 g/mol. The average Bonchev–Trinajstić information content (AvgIpc) is 2.70. The Morgan fingerprint density at radius 2 is 2.38 bits per heavy atom. The fraction of sp³-hybridized carbons (Fsp3) is 0.500. The molecule has 0 spiro atoms. The van der Waals surface area contributed by atoms with Gasteiger partial charge in [0.05, 0.1) is 23.1 Å². The number of imidazole rings is 1. The van der Waals surface area contributed by atoms with Gasteiger partial charge in [-0.2, -0.15) is 4.72 Å². The lowest BCUT2D eigenvalue weighted by atomic mass is 10.0. The molecule has 0 fully saturated rings. The van der Waals surface area contributed by atoms with Crippen molar-refractivity contribution in [2.75, 3.05) is 0 Å². The molecule has 0 aliphatic heterocycles. The number of nitrogens with two attached hydrogens (primary N) is 1. The van der Waals surface area contributed by atoms with Gasteiger partial charge in [-0.05, 0) is 13.3 Å². The molecule has 1 atom stereocenters. The monoisotopic (exact) mass is 262 g/mol. The van der Waals surface area contributed by atoms with Crippen LogP contribution in [-0.4, -0.2) is 28.9 Å². The predicted octanol–water partition coefficient (Wildman–Crippen LogP) is 0.143. The van der Waals surface area contributed by atoms with Gasteiger partial charge in [0.15, 0.2) is 5.03 Å². The number of aromatic amines is 1. The number of sulfonamides is 1. The quantitative estimate of drug-likeness (QED) is 0.655. The van der Waals surface area contributed by atoms with E-state index in [2.05, 4.69) is 14.7 Å². The summed E-state index contributed by atoms with van der Waals surface area (Å²) < 4.78 is 26.2. The molecule has 1 heterocycles. The molecule has 90 valence electrons. The normalized spacial score (nSPS) is 15.6. The van der Waals surface area contributed by atoms with Crippen LogP contribution in [0.1, 0.15) is 20.3 Å². The summed E-state index contributed by atoms with van der Waals surface area (Å²) in [6, 6.07) is 0. The highest BCUT2D eigenvalue weighted by Crippen LogP contribution is 2.14. The molecule has 4 N–H and O–H groups in total. The number of hydrogen-bond donors (Lipinski definition) is 3. The van der Waals surface area contributed by atoms with Crippen LogP contribution in [-0.2, 0) is 10.0 Å². The van der Waals surface area contributed by atoms with E-state index in [-0.39, 0.29) is 10.0 Å². The molecule has 0 radical (unpaired) electrons. The molecular formula is C8H14N4O2S2. The van der Waals surface area contributed by atoms with Gasteiger partial charge in [-0.25, -0.2) is 13.4 Å². The van der Waals surface area contributed by atoms with E-state index in [4.69, 9.17) is 18.0 Å². The maximum atomic E-state index is 11.9. The summed E-state index contributed by atoms with van der Waals surface area (Å²) in [6.45, 7) is 3.44. The minimum Gasteiger partial charge on any atom is -0.392 e. The molecule has 0 aliphatic rings. The predicted molar refractivity (Wildman–Crippen MR) is 64.4 cm³/mol. The van der Waals surface area contributed by atoms with Gasteiger partial charge in [0, 0.05) is 0 Å². The molecule has 1 rings (SSSR count). The van der Waals surface area contributed by atoms with Crippen LogP contribution >= 0.6 is 12.2 Å². The number of rotatable bonds is 5. The molecule has 16 heavy (non-hydrogen) atoms. The van der Waals surface area contributed by atoms with E-state index in [0.29, 0.717) is 6.42 Å². The highest BCUT2D eigenvalue weighted by molar-refractivity contribution is 7.89. The van der Waals surface area contributed by atoms with Crippen LogP contribution in [0, 0.1) is 0 Å². The zero-order valence-electron chi connectivity index (χ0n) is 9.02. The van der Waals surface area contributed by atoms with E-state index in [1.54, 1.807) is 13.8 Å². The van der Waals surface area contributed by atoms with Crippen LogP contribution < -0.4 is 10.5 Å². The van der Waals surface area contributed by atoms with E-state index in [1.165, 1.54) is 12.5 Å². The van der Waals surface area contributed by atoms with Crippen LogP contribution in [0.5, 0.6) is 0 Å². The second-order valence-electron chi connectivity index (χ2n) is 3.57. The summed E-state index contributed by atoms with van der Waals surface area (Å²) in [6.07, 6.45) is 2.98. The highest BCUT2D eigenvalue weighted by atomic mass is 32.2. The van der Waals surface area contributed by atoms with E-state index in [0.717, 1.165) is 0 Å². The van der Waals surface area contributed by atoms with Crippen molar-refractivity contribution in [3.8, 4) is 0 Å². The molecule has 6 nitrogen and oxygen atoms in total. The minimum absolute atomic E-state index is 0.0107. The first-order chi connectivity index (χ1) is 7.32. The Kier molecular flexibility index (Phi) is 3.66. The van der Waals surface area contributed by atoms with Crippen LogP contribution in [0.15, 0.2) is 17.6 Å².